The van der Waals surface area contributed by atoms with E-state index in [9.17, 15) is 5.11 Å². The van der Waals surface area contributed by atoms with Crippen molar-refractivity contribution in [3.05, 3.63) is 53.7 Å². The van der Waals surface area contributed by atoms with E-state index in [2.05, 4.69) is 21.3 Å². The molecule has 3 heterocycles. The van der Waals surface area contributed by atoms with Crippen molar-refractivity contribution in [2.24, 2.45) is 0 Å². The molecule has 1 saturated heterocycles. The minimum absolute atomic E-state index is 0.442. The molecule has 2 aromatic heterocycles. The summed E-state index contributed by atoms with van der Waals surface area (Å²) >= 11 is 0. The van der Waals surface area contributed by atoms with Gasteiger partial charge < -0.3 is 14.8 Å². The molecule has 2 aromatic rings. The molecule has 0 amide bonds. The first-order valence-corrected chi connectivity index (χ1v) is 8.67. The summed E-state index contributed by atoms with van der Waals surface area (Å²) < 4.78 is 5.57. The quantitative estimate of drug-likeness (QED) is 0.852. The third kappa shape index (κ3) is 4.44. The highest BCUT2D eigenvalue weighted by molar-refractivity contribution is 5.13. The van der Waals surface area contributed by atoms with Gasteiger partial charge >= 0.3 is 0 Å². The molecule has 5 nitrogen and oxygen atoms in total. The molecule has 3 rings (SSSR count). The van der Waals surface area contributed by atoms with Gasteiger partial charge in [0.2, 0.25) is 0 Å². The third-order valence-corrected chi connectivity index (χ3v) is 4.72. The summed E-state index contributed by atoms with van der Waals surface area (Å²) in [6.45, 7) is 7.29. The molecule has 0 aromatic carbocycles. The molecule has 0 bridgehead atoms. The number of likely N-dealkylation sites (tertiary alicyclic amines) is 1. The van der Waals surface area contributed by atoms with E-state index in [1.54, 1.807) is 6.92 Å². The maximum absolute atomic E-state index is 10.6. The number of furan rings is 1. The molecule has 1 aliphatic rings. The first-order valence-electron chi connectivity index (χ1n) is 8.67. The lowest BCUT2D eigenvalue weighted by Gasteiger charge is -2.34. The number of nitrogens with zero attached hydrogens (tertiary/aromatic N) is 2. The third-order valence-electron chi connectivity index (χ3n) is 4.72. The lowest BCUT2D eigenvalue weighted by atomic mass is 10.0. The zero-order valence-corrected chi connectivity index (χ0v) is 14.5. The molecule has 0 saturated carbocycles. The van der Waals surface area contributed by atoms with Gasteiger partial charge in [0, 0.05) is 31.5 Å². The molecule has 0 radical (unpaired) electrons. The highest BCUT2D eigenvalue weighted by Crippen LogP contribution is 2.23. The number of rotatable bonds is 6. The Labute approximate surface area is 143 Å². The van der Waals surface area contributed by atoms with Crippen LogP contribution in [-0.4, -0.2) is 40.7 Å². The molecular weight excluding hydrogens is 302 g/mol. The highest BCUT2D eigenvalue weighted by atomic mass is 16.4. The summed E-state index contributed by atoms with van der Waals surface area (Å²) in [6, 6.07) is 8.30. The average Bonchev–Trinajstić information content (AvgIpc) is 3.03. The number of nitrogens with one attached hydrogen (secondary N) is 1. The second-order valence-corrected chi connectivity index (χ2v) is 6.98. The molecule has 24 heavy (non-hydrogen) atoms. The molecule has 1 atom stereocenters. The van der Waals surface area contributed by atoms with E-state index in [0.29, 0.717) is 18.3 Å². The molecule has 130 valence electrons. The SMILES string of the molecule is Cc1ccc([C@](C)(O)CNC2CCN(Cc3cccnc3)CC2)o1. The summed E-state index contributed by atoms with van der Waals surface area (Å²) in [5.74, 6) is 1.45. The molecule has 0 unspecified atom stereocenters. The monoisotopic (exact) mass is 329 g/mol. The van der Waals surface area contributed by atoms with Crippen LogP contribution in [0.1, 0.15) is 36.8 Å². The Kier molecular flexibility index (Phi) is 5.33. The van der Waals surface area contributed by atoms with Crippen molar-refractivity contribution in [1.82, 2.24) is 15.2 Å². The van der Waals surface area contributed by atoms with Gasteiger partial charge in [0.25, 0.3) is 0 Å². The van der Waals surface area contributed by atoms with Crippen LogP contribution in [0.2, 0.25) is 0 Å². The summed E-state index contributed by atoms with van der Waals surface area (Å²) in [5, 5.41) is 14.1. The zero-order valence-electron chi connectivity index (χ0n) is 14.5. The number of hydrogen-bond donors (Lipinski definition) is 2. The molecule has 1 fully saturated rings. The topological polar surface area (TPSA) is 61.5 Å². The van der Waals surface area contributed by atoms with Crippen molar-refractivity contribution in [1.29, 1.82) is 0 Å². The van der Waals surface area contributed by atoms with Crippen LogP contribution < -0.4 is 5.32 Å². The lowest BCUT2D eigenvalue weighted by molar-refractivity contribution is 0.0280. The van der Waals surface area contributed by atoms with Gasteiger partial charge in [-0.1, -0.05) is 6.07 Å². The Bertz CT molecular complexity index is 631. The lowest BCUT2D eigenvalue weighted by Crippen LogP contribution is -2.46. The summed E-state index contributed by atoms with van der Waals surface area (Å²) in [5.41, 5.74) is 0.293. The van der Waals surface area contributed by atoms with Crippen LogP contribution in [-0.2, 0) is 12.1 Å². The van der Waals surface area contributed by atoms with E-state index in [4.69, 9.17) is 4.42 Å². The number of pyridine rings is 1. The molecular formula is C19H27N3O2. The minimum Gasteiger partial charge on any atom is -0.463 e. The van der Waals surface area contributed by atoms with Crippen molar-refractivity contribution in [2.45, 2.75) is 44.9 Å². The predicted octanol–water partition coefficient (Wildman–Crippen LogP) is 2.44. The van der Waals surface area contributed by atoms with Crippen LogP contribution in [0.4, 0.5) is 0 Å². The summed E-state index contributed by atoms with van der Waals surface area (Å²) in [7, 11) is 0. The fourth-order valence-electron chi connectivity index (χ4n) is 3.20. The van der Waals surface area contributed by atoms with E-state index >= 15 is 0 Å². The molecule has 1 aliphatic heterocycles. The van der Waals surface area contributed by atoms with Crippen molar-refractivity contribution in [2.75, 3.05) is 19.6 Å². The number of aliphatic hydroxyl groups is 1. The van der Waals surface area contributed by atoms with Crippen LogP contribution in [0.5, 0.6) is 0 Å². The van der Waals surface area contributed by atoms with Crippen LogP contribution in [0, 0.1) is 6.92 Å². The van der Waals surface area contributed by atoms with E-state index < -0.39 is 5.60 Å². The van der Waals surface area contributed by atoms with Gasteiger partial charge in [-0.3, -0.25) is 9.88 Å². The molecule has 2 N–H and O–H groups in total. The van der Waals surface area contributed by atoms with Gasteiger partial charge in [-0.2, -0.15) is 0 Å². The van der Waals surface area contributed by atoms with Crippen molar-refractivity contribution < 1.29 is 9.52 Å². The van der Waals surface area contributed by atoms with E-state index in [-0.39, 0.29) is 0 Å². The van der Waals surface area contributed by atoms with Gasteiger partial charge in [-0.25, -0.2) is 0 Å². The Morgan fingerprint density at radius 1 is 1.33 bits per heavy atom. The first-order chi connectivity index (χ1) is 11.5. The van der Waals surface area contributed by atoms with Crippen LogP contribution in [0.3, 0.4) is 0 Å². The van der Waals surface area contributed by atoms with Crippen molar-refractivity contribution in [3.8, 4) is 0 Å². The van der Waals surface area contributed by atoms with Gasteiger partial charge in [-0.15, -0.1) is 0 Å². The standard InChI is InChI=1S/C19H27N3O2/c1-15-5-6-18(24-15)19(2,23)14-21-17-7-10-22(11-8-17)13-16-4-3-9-20-12-16/h3-6,9,12,17,21,23H,7-8,10-11,13-14H2,1-2H3/t19-/m1/s1. The van der Waals surface area contributed by atoms with Crippen LogP contribution >= 0.6 is 0 Å². The molecule has 5 heteroatoms. The van der Waals surface area contributed by atoms with Crippen LogP contribution in [0.25, 0.3) is 0 Å². The number of piperidine rings is 1. The smallest absolute Gasteiger partial charge is 0.136 e. The van der Waals surface area contributed by atoms with E-state index in [1.165, 1.54) is 5.56 Å². The first kappa shape index (κ1) is 17.1. The number of hydrogen-bond acceptors (Lipinski definition) is 5. The highest BCUT2D eigenvalue weighted by Gasteiger charge is 2.28. The van der Waals surface area contributed by atoms with Gasteiger partial charge in [0.1, 0.15) is 17.1 Å². The second kappa shape index (κ2) is 7.47. The van der Waals surface area contributed by atoms with Crippen LogP contribution in [0.15, 0.2) is 41.1 Å². The largest absolute Gasteiger partial charge is 0.463 e. The fourth-order valence-corrected chi connectivity index (χ4v) is 3.20. The maximum atomic E-state index is 10.6. The van der Waals surface area contributed by atoms with Crippen molar-refractivity contribution >= 4 is 0 Å². The summed E-state index contributed by atoms with van der Waals surface area (Å²) in [4.78, 5) is 6.64. The predicted molar refractivity (Wildman–Crippen MR) is 93.6 cm³/mol. The Morgan fingerprint density at radius 2 is 2.12 bits per heavy atom. The van der Waals surface area contributed by atoms with Gasteiger partial charge in [0.15, 0.2) is 0 Å². The van der Waals surface area contributed by atoms with Gasteiger partial charge in [0.05, 0.1) is 0 Å². The zero-order chi connectivity index (χ0) is 17.0. The average molecular weight is 329 g/mol. The second-order valence-electron chi connectivity index (χ2n) is 6.98. The van der Waals surface area contributed by atoms with E-state index in [1.807, 2.05) is 37.5 Å². The fraction of sp³-hybridized carbons (Fsp3) is 0.526. The molecule has 0 spiro atoms. The number of aromatic nitrogens is 1. The Morgan fingerprint density at radius 3 is 2.75 bits per heavy atom. The Hall–Kier alpha value is -1.69. The van der Waals surface area contributed by atoms with Crippen molar-refractivity contribution in [3.63, 3.8) is 0 Å². The minimum atomic E-state index is -0.971. The van der Waals surface area contributed by atoms with E-state index in [0.717, 1.165) is 38.2 Å². The normalized spacial score (nSPS) is 19.3. The summed E-state index contributed by atoms with van der Waals surface area (Å²) in [6.07, 6.45) is 5.93. The molecule has 0 aliphatic carbocycles. The van der Waals surface area contributed by atoms with Gasteiger partial charge in [-0.05, 0) is 63.5 Å². The maximum Gasteiger partial charge on any atom is 0.136 e. The number of aryl methyl sites for hydroxylation is 1. The Balaban J connectivity index is 1.44.